The summed E-state index contributed by atoms with van der Waals surface area (Å²) in [5, 5.41) is 2.80. The Morgan fingerprint density at radius 2 is 1.70 bits per heavy atom. The molecule has 0 fully saturated rings. The van der Waals surface area contributed by atoms with Gasteiger partial charge in [-0.15, -0.1) is 0 Å². The van der Waals surface area contributed by atoms with Crippen LogP contribution >= 0.6 is 0 Å². The Morgan fingerprint density at radius 3 is 2.33 bits per heavy atom. The third kappa shape index (κ3) is 4.39. The summed E-state index contributed by atoms with van der Waals surface area (Å²) in [5.41, 5.74) is 4.47. The van der Waals surface area contributed by atoms with E-state index in [2.05, 4.69) is 15.3 Å². The van der Waals surface area contributed by atoms with Gasteiger partial charge in [0.15, 0.2) is 5.69 Å². The predicted molar refractivity (Wildman–Crippen MR) is 102 cm³/mol. The molecule has 0 spiro atoms. The monoisotopic (exact) mass is 367 g/mol. The SMILES string of the molecule is CCCOc1nc2cc(C)c(C)cc2nc1C(=O)NCc1ccc(F)cc1. The molecule has 27 heavy (non-hydrogen) atoms. The van der Waals surface area contributed by atoms with Crippen molar-refractivity contribution in [3.05, 3.63) is 64.6 Å². The number of aryl methyl sites for hydroxylation is 2. The van der Waals surface area contributed by atoms with Crippen LogP contribution in [0.25, 0.3) is 11.0 Å². The first-order chi connectivity index (χ1) is 13.0. The van der Waals surface area contributed by atoms with Gasteiger partial charge in [0.05, 0.1) is 17.6 Å². The van der Waals surface area contributed by atoms with Crippen molar-refractivity contribution in [3.63, 3.8) is 0 Å². The van der Waals surface area contributed by atoms with E-state index in [1.807, 2.05) is 32.9 Å². The number of rotatable bonds is 6. The van der Waals surface area contributed by atoms with Gasteiger partial charge in [-0.25, -0.2) is 14.4 Å². The molecule has 0 saturated carbocycles. The minimum absolute atomic E-state index is 0.154. The first kappa shape index (κ1) is 18.8. The number of hydrogen-bond acceptors (Lipinski definition) is 4. The summed E-state index contributed by atoms with van der Waals surface area (Å²) >= 11 is 0. The molecule has 0 aliphatic rings. The van der Waals surface area contributed by atoms with Gasteiger partial charge < -0.3 is 10.1 Å². The molecule has 1 N–H and O–H groups in total. The molecule has 0 aliphatic heterocycles. The zero-order valence-corrected chi connectivity index (χ0v) is 15.7. The molecule has 1 aromatic heterocycles. The first-order valence-corrected chi connectivity index (χ1v) is 8.92. The van der Waals surface area contributed by atoms with Gasteiger partial charge in [-0.05, 0) is 61.2 Å². The van der Waals surface area contributed by atoms with Gasteiger partial charge in [-0.3, -0.25) is 4.79 Å². The van der Waals surface area contributed by atoms with E-state index >= 15 is 0 Å². The minimum Gasteiger partial charge on any atom is -0.476 e. The number of hydrogen-bond donors (Lipinski definition) is 1. The van der Waals surface area contributed by atoms with Gasteiger partial charge in [0.25, 0.3) is 5.91 Å². The third-order valence-electron chi connectivity index (χ3n) is 4.27. The maximum Gasteiger partial charge on any atom is 0.275 e. The Morgan fingerprint density at radius 1 is 1.07 bits per heavy atom. The topological polar surface area (TPSA) is 64.1 Å². The van der Waals surface area contributed by atoms with E-state index in [0.29, 0.717) is 17.6 Å². The van der Waals surface area contributed by atoms with Gasteiger partial charge in [-0.2, -0.15) is 0 Å². The van der Waals surface area contributed by atoms with Crippen LogP contribution in [-0.2, 0) is 6.54 Å². The number of nitrogens with one attached hydrogen (secondary N) is 1. The van der Waals surface area contributed by atoms with Gasteiger partial charge in [0, 0.05) is 6.54 Å². The molecule has 0 saturated heterocycles. The van der Waals surface area contributed by atoms with Crippen molar-refractivity contribution in [3.8, 4) is 5.88 Å². The zero-order chi connectivity index (χ0) is 19.4. The lowest BCUT2D eigenvalue weighted by Crippen LogP contribution is -2.25. The lowest BCUT2D eigenvalue weighted by molar-refractivity contribution is 0.0941. The summed E-state index contributed by atoms with van der Waals surface area (Å²) < 4.78 is 18.7. The maximum atomic E-state index is 13.0. The highest BCUT2D eigenvalue weighted by molar-refractivity contribution is 5.96. The number of ether oxygens (including phenoxy) is 1. The fourth-order valence-corrected chi connectivity index (χ4v) is 2.61. The number of benzene rings is 2. The second kappa shape index (κ2) is 8.12. The molecule has 3 rings (SSSR count). The smallest absolute Gasteiger partial charge is 0.275 e. The van der Waals surface area contributed by atoms with Gasteiger partial charge in [0.1, 0.15) is 5.82 Å². The summed E-state index contributed by atoms with van der Waals surface area (Å²) in [6.45, 7) is 6.69. The average Bonchev–Trinajstić information content (AvgIpc) is 2.66. The van der Waals surface area contributed by atoms with Crippen molar-refractivity contribution in [1.82, 2.24) is 15.3 Å². The maximum absolute atomic E-state index is 13.0. The highest BCUT2D eigenvalue weighted by Gasteiger charge is 2.18. The summed E-state index contributed by atoms with van der Waals surface area (Å²) in [5.74, 6) is -0.464. The summed E-state index contributed by atoms with van der Waals surface area (Å²) in [6, 6.07) is 9.83. The molecule has 0 bridgehead atoms. The van der Waals surface area contributed by atoms with Crippen LogP contribution < -0.4 is 10.1 Å². The molecule has 140 valence electrons. The van der Waals surface area contributed by atoms with E-state index in [1.165, 1.54) is 12.1 Å². The van der Waals surface area contributed by atoms with Crippen molar-refractivity contribution in [2.45, 2.75) is 33.7 Å². The number of aromatic nitrogens is 2. The molecule has 0 radical (unpaired) electrons. The molecule has 3 aromatic rings. The van der Waals surface area contributed by atoms with Crippen LogP contribution in [0.3, 0.4) is 0 Å². The molecular formula is C21H22FN3O2. The van der Waals surface area contributed by atoms with Crippen molar-refractivity contribution >= 4 is 16.9 Å². The van der Waals surface area contributed by atoms with Crippen molar-refractivity contribution in [1.29, 1.82) is 0 Å². The van der Waals surface area contributed by atoms with Crippen LogP contribution in [0.4, 0.5) is 4.39 Å². The number of carbonyl (C=O) groups excluding carboxylic acids is 1. The molecule has 1 heterocycles. The van der Waals surface area contributed by atoms with E-state index in [9.17, 15) is 9.18 Å². The number of halogens is 1. The zero-order valence-electron chi connectivity index (χ0n) is 15.7. The molecule has 6 heteroatoms. The molecular weight excluding hydrogens is 345 g/mol. The van der Waals surface area contributed by atoms with Crippen LogP contribution in [0.15, 0.2) is 36.4 Å². The highest BCUT2D eigenvalue weighted by Crippen LogP contribution is 2.22. The van der Waals surface area contributed by atoms with Gasteiger partial charge >= 0.3 is 0 Å². The largest absolute Gasteiger partial charge is 0.476 e. The molecule has 0 aliphatic carbocycles. The summed E-state index contributed by atoms with van der Waals surface area (Å²) in [6.07, 6.45) is 0.795. The molecule has 1 amide bonds. The molecule has 0 unspecified atom stereocenters. The normalized spacial score (nSPS) is 10.8. The Hall–Kier alpha value is -3.02. The Labute approximate surface area is 157 Å². The van der Waals surface area contributed by atoms with Crippen LogP contribution in [0.2, 0.25) is 0 Å². The van der Waals surface area contributed by atoms with Crippen LogP contribution in [0.1, 0.15) is 40.5 Å². The van der Waals surface area contributed by atoms with Crippen molar-refractivity contribution < 1.29 is 13.9 Å². The van der Waals surface area contributed by atoms with Crippen LogP contribution in [0.5, 0.6) is 5.88 Å². The molecule has 0 atom stereocenters. The number of amides is 1. The highest BCUT2D eigenvalue weighted by atomic mass is 19.1. The van der Waals surface area contributed by atoms with Crippen LogP contribution in [0, 0.1) is 19.7 Å². The standard InChI is InChI=1S/C21H22FN3O2/c1-4-9-27-21-19(20(26)23-12-15-5-7-16(22)8-6-15)24-17-10-13(2)14(3)11-18(17)25-21/h5-8,10-11H,4,9,12H2,1-3H3,(H,23,26). The summed E-state index contributed by atoms with van der Waals surface area (Å²) in [7, 11) is 0. The average molecular weight is 367 g/mol. The van der Waals surface area contributed by atoms with Crippen LogP contribution in [-0.4, -0.2) is 22.5 Å². The summed E-state index contributed by atoms with van der Waals surface area (Å²) in [4.78, 5) is 21.7. The fourth-order valence-electron chi connectivity index (χ4n) is 2.61. The van der Waals surface area contributed by atoms with Crippen molar-refractivity contribution in [2.24, 2.45) is 0 Å². The second-order valence-electron chi connectivity index (χ2n) is 6.46. The van der Waals surface area contributed by atoms with E-state index in [0.717, 1.165) is 23.1 Å². The van der Waals surface area contributed by atoms with E-state index in [4.69, 9.17) is 4.74 Å². The lowest BCUT2D eigenvalue weighted by Gasteiger charge is -2.12. The van der Waals surface area contributed by atoms with E-state index in [-0.39, 0.29) is 29.8 Å². The number of fused-ring (bicyclic) bond motifs is 1. The lowest BCUT2D eigenvalue weighted by atomic mass is 10.1. The van der Waals surface area contributed by atoms with Gasteiger partial charge in [0.2, 0.25) is 5.88 Å². The third-order valence-corrected chi connectivity index (χ3v) is 4.27. The quantitative estimate of drug-likeness (QED) is 0.712. The van der Waals surface area contributed by atoms with Crippen molar-refractivity contribution in [2.75, 3.05) is 6.61 Å². The van der Waals surface area contributed by atoms with E-state index in [1.54, 1.807) is 12.1 Å². The number of nitrogens with zero attached hydrogens (tertiary/aromatic N) is 2. The molecule has 5 nitrogen and oxygen atoms in total. The fraction of sp³-hybridized carbons (Fsp3) is 0.286. The first-order valence-electron chi connectivity index (χ1n) is 8.92. The van der Waals surface area contributed by atoms with E-state index < -0.39 is 0 Å². The minimum atomic E-state index is -0.377. The molecule has 2 aromatic carbocycles. The number of carbonyl (C=O) groups is 1. The van der Waals surface area contributed by atoms with Gasteiger partial charge in [-0.1, -0.05) is 19.1 Å². The Kier molecular flexibility index (Phi) is 5.64. The Bertz CT molecular complexity index is 971. The second-order valence-corrected chi connectivity index (χ2v) is 6.46. The Balaban J connectivity index is 1.90. The predicted octanol–water partition coefficient (Wildman–Crippen LogP) is 4.10.